The van der Waals surface area contributed by atoms with Gasteiger partial charge in [0, 0.05) is 29.6 Å². The number of benzene rings is 1. The van der Waals surface area contributed by atoms with Crippen molar-refractivity contribution in [1.82, 2.24) is 4.98 Å². The van der Waals surface area contributed by atoms with E-state index < -0.39 is 5.97 Å². The molecular formula is C16H14ClNO4. The molecule has 22 heavy (non-hydrogen) atoms. The molecule has 2 aromatic rings. The van der Waals surface area contributed by atoms with E-state index in [-0.39, 0.29) is 36.5 Å². The first-order valence-electron chi connectivity index (χ1n) is 6.67. The summed E-state index contributed by atoms with van der Waals surface area (Å²) in [7, 11) is 0. The average Bonchev–Trinajstić information content (AvgIpc) is 2.46. The molecule has 1 heterocycles. The zero-order chi connectivity index (χ0) is 16.1. The molecule has 114 valence electrons. The predicted octanol–water partition coefficient (Wildman–Crippen LogP) is 3.55. The molecule has 0 fully saturated rings. The monoisotopic (exact) mass is 319 g/mol. The van der Waals surface area contributed by atoms with Gasteiger partial charge < -0.3 is 10.2 Å². The number of carboxylic acids is 1. The molecule has 0 saturated carbocycles. The van der Waals surface area contributed by atoms with Gasteiger partial charge in [0.15, 0.2) is 5.78 Å². The second-order valence-electron chi connectivity index (χ2n) is 4.77. The molecule has 5 nitrogen and oxygen atoms in total. The molecule has 0 bridgehead atoms. The number of Topliss-reactive ketones (excluding diaryl/α,β-unsaturated/α-hetero) is 1. The third-order valence-electron chi connectivity index (χ3n) is 3.08. The lowest BCUT2D eigenvalue weighted by molar-refractivity contribution is -0.137. The van der Waals surface area contributed by atoms with E-state index in [2.05, 4.69) is 4.98 Å². The summed E-state index contributed by atoms with van der Waals surface area (Å²) in [5.41, 5.74) is 1.37. The summed E-state index contributed by atoms with van der Waals surface area (Å²) in [6.07, 6.45) is 1.64. The van der Waals surface area contributed by atoms with Crippen LogP contribution in [0.15, 0.2) is 36.5 Å². The number of pyridine rings is 1. The Morgan fingerprint density at radius 3 is 2.55 bits per heavy atom. The van der Waals surface area contributed by atoms with Gasteiger partial charge in [-0.25, -0.2) is 4.98 Å². The Kier molecular flexibility index (Phi) is 5.12. The number of carbonyl (C=O) groups excluding carboxylic acids is 1. The number of halogens is 1. The van der Waals surface area contributed by atoms with E-state index >= 15 is 0 Å². The average molecular weight is 320 g/mol. The Labute approximate surface area is 132 Å². The number of hydrogen-bond donors (Lipinski definition) is 2. The minimum atomic E-state index is -0.957. The number of nitrogens with zero attached hydrogens (tertiary/aromatic N) is 1. The van der Waals surface area contributed by atoms with Gasteiger partial charge in [0.1, 0.15) is 11.4 Å². The number of aromatic nitrogens is 1. The first-order chi connectivity index (χ1) is 10.5. The number of hydrogen-bond acceptors (Lipinski definition) is 4. The number of rotatable bonds is 6. The lowest BCUT2D eigenvalue weighted by Gasteiger charge is -2.06. The summed E-state index contributed by atoms with van der Waals surface area (Å²) in [6.45, 7) is 0. The number of aliphatic carboxylic acids is 1. The van der Waals surface area contributed by atoms with E-state index in [0.717, 1.165) is 5.56 Å². The molecule has 6 heteroatoms. The molecule has 0 radical (unpaired) electrons. The third kappa shape index (κ3) is 4.05. The molecule has 0 unspecified atom stereocenters. The largest absolute Gasteiger partial charge is 0.506 e. The molecule has 2 N–H and O–H groups in total. The fourth-order valence-corrected chi connectivity index (χ4v) is 2.20. The summed E-state index contributed by atoms with van der Waals surface area (Å²) in [4.78, 5) is 26.3. The lowest BCUT2D eigenvalue weighted by atomic mass is 10.0. The summed E-state index contributed by atoms with van der Waals surface area (Å²) in [5.74, 6) is -1.56. The fraction of sp³-hybridized carbons (Fsp3) is 0.188. The van der Waals surface area contributed by atoms with Gasteiger partial charge in [0.25, 0.3) is 0 Å². The molecule has 0 spiro atoms. The second kappa shape index (κ2) is 7.04. The van der Waals surface area contributed by atoms with Gasteiger partial charge in [-0.2, -0.15) is 0 Å². The van der Waals surface area contributed by atoms with Crippen molar-refractivity contribution in [3.8, 4) is 16.9 Å². The Morgan fingerprint density at radius 1 is 1.14 bits per heavy atom. The molecule has 1 aromatic heterocycles. The molecule has 0 aliphatic carbocycles. The molecule has 1 aromatic carbocycles. The standard InChI is InChI=1S/C16H14ClNO4/c17-12-4-1-3-10(7-12)11-8-14(20)16(18-9-11)13(19)5-2-6-15(21)22/h1,3-4,7-9,20H,2,5-6H2,(H,21,22). The summed E-state index contributed by atoms with van der Waals surface area (Å²) < 4.78 is 0. The van der Waals surface area contributed by atoms with Crippen molar-refractivity contribution in [2.45, 2.75) is 19.3 Å². The molecular weight excluding hydrogens is 306 g/mol. The summed E-state index contributed by atoms with van der Waals surface area (Å²) in [6, 6.07) is 8.50. The van der Waals surface area contributed by atoms with Crippen LogP contribution in [-0.2, 0) is 4.79 Å². The van der Waals surface area contributed by atoms with Crippen LogP contribution in [0.2, 0.25) is 5.02 Å². The molecule has 0 amide bonds. The van der Waals surface area contributed by atoms with Crippen molar-refractivity contribution in [3.63, 3.8) is 0 Å². The second-order valence-corrected chi connectivity index (χ2v) is 5.21. The smallest absolute Gasteiger partial charge is 0.303 e. The van der Waals surface area contributed by atoms with Gasteiger partial charge in [0.05, 0.1) is 0 Å². The van der Waals surface area contributed by atoms with Gasteiger partial charge in [-0.15, -0.1) is 0 Å². The first-order valence-corrected chi connectivity index (χ1v) is 7.05. The van der Waals surface area contributed by atoms with E-state index in [0.29, 0.717) is 10.6 Å². The number of ketones is 1. The van der Waals surface area contributed by atoms with Gasteiger partial charge in [-0.05, 0) is 30.2 Å². The third-order valence-corrected chi connectivity index (χ3v) is 3.32. The van der Waals surface area contributed by atoms with E-state index in [1.165, 1.54) is 12.3 Å². The Balaban J connectivity index is 2.16. The normalized spacial score (nSPS) is 10.4. The van der Waals surface area contributed by atoms with E-state index in [9.17, 15) is 14.7 Å². The molecule has 0 saturated heterocycles. The molecule has 0 aliphatic heterocycles. The number of carboxylic acid groups (broad SMARTS) is 1. The minimum absolute atomic E-state index is 0.0311. The molecule has 0 aliphatic rings. The van der Waals surface area contributed by atoms with Crippen LogP contribution < -0.4 is 0 Å². The van der Waals surface area contributed by atoms with E-state index in [4.69, 9.17) is 16.7 Å². The van der Waals surface area contributed by atoms with Gasteiger partial charge in [0.2, 0.25) is 0 Å². The maximum atomic E-state index is 11.9. The molecule has 0 atom stereocenters. The zero-order valence-corrected chi connectivity index (χ0v) is 12.4. The highest BCUT2D eigenvalue weighted by Gasteiger charge is 2.14. The first kappa shape index (κ1) is 16.0. The van der Waals surface area contributed by atoms with Gasteiger partial charge in [-0.1, -0.05) is 23.7 Å². The van der Waals surface area contributed by atoms with Crippen molar-refractivity contribution in [2.24, 2.45) is 0 Å². The lowest BCUT2D eigenvalue weighted by Crippen LogP contribution is -2.04. The quantitative estimate of drug-likeness (QED) is 0.795. The summed E-state index contributed by atoms with van der Waals surface area (Å²) in [5, 5.41) is 19.1. The van der Waals surface area contributed by atoms with Crippen molar-refractivity contribution >= 4 is 23.4 Å². The SMILES string of the molecule is O=C(O)CCCC(=O)c1ncc(-c2cccc(Cl)c2)cc1O. The highest BCUT2D eigenvalue weighted by atomic mass is 35.5. The maximum absolute atomic E-state index is 11.9. The van der Waals surface area contributed by atoms with Crippen LogP contribution in [0.4, 0.5) is 0 Å². The van der Waals surface area contributed by atoms with Crippen LogP contribution in [0.1, 0.15) is 29.8 Å². The Bertz CT molecular complexity index is 715. The highest BCUT2D eigenvalue weighted by Crippen LogP contribution is 2.27. The highest BCUT2D eigenvalue weighted by molar-refractivity contribution is 6.30. The van der Waals surface area contributed by atoms with Crippen LogP contribution in [0.25, 0.3) is 11.1 Å². The maximum Gasteiger partial charge on any atom is 0.303 e. The zero-order valence-electron chi connectivity index (χ0n) is 11.6. The van der Waals surface area contributed by atoms with Crippen LogP contribution in [0.5, 0.6) is 5.75 Å². The van der Waals surface area contributed by atoms with Crippen molar-refractivity contribution in [1.29, 1.82) is 0 Å². The van der Waals surface area contributed by atoms with Crippen molar-refractivity contribution in [2.75, 3.05) is 0 Å². The van der Waals surface area contributed by atoms with Crippen LogP contribution in [-0.4, -0.2) is 26.9 Å². The van der Waals surface area contributed by atoms with Crippen molar-refractivity contribution < 1.29 is 19.8 Å². The van der Waals surface area contributed by atoms with E-state index in [1.54, 1.807) is 18.2 Å². The predicted molar refractivity (Wildman–Crippen MR) is 82.2 cm³/mol. The van der Waals surface area contributed by atoms with Crippen LogP contribution >= 0.6 is 11.6 Å². The Hall–Kier alpha value is -2.40. The van der Waals surface area contributed by atoms with Gasteiger partial charge >= 0.3 is 5.97 Å². The van der Waals surface area contributed by atoms with Gasteiger partial charge in [-0.3, -0.25) is 9.59 Å². The van der Waals surface area contributed by atoms with E-state index in [1.807, 2.05) is 6.07 Å². The Morgan fingerprint density at radius 2 is 1.91 bits per heavy atom. The molecule has 2 rings (SSSR count). The topological polar surface area (TPSA) is 87.5 Å². The number of carbonyl (C=O) groups is 2. The number of aromatic hydroxyl groups is 1. The fourth-order valence-electron chi connectivity index (χ4n) is 2.01. The van der Waals surface area contributed by atoms with Crippen molar-refractivity contribution in [3.05, 3.63) is 47.2 Å². The summed E-state index contributed by atoms with van der Waals surface area (Å²) >= 11 is 5.91. The minimum Gasteiger partial charge on any atom is -0.506 e. The van der Waals surface area contributed by atoms with Crippen LogP contribution in [0, 0.1) is 0 Å². The van der Waals surface area contributed by atoms with Crippen LogP contribution in [0.3, 0.4) is 0 Å².